The molecule has 0 aliphatic heterocycles. The first-order chi connectivity index (χ1) is 12.4. The van der Waals surface area contributed by atoms with Crippen LogP contribution in [0.1, 0.15) is 17.9 Å². The highest BCUT2D eigenvalue weighted by atomic mass is 32.2. The summed E-state index contributed by atoms with van der Waals surface area (Å²) < 4.78 is 0.943. The van der Waals surface area contributed by atoms with Crippen LogP contribution in [0.15, 0.2) is 33.9 Å². The van der Waals surface area contributed by atoms with Crippen LogP contribution in [0.3, 0.4) is 0 Å². The number of hydrogen-bond acceptors (Lipinski definition) is 8. The van der Waals surface area contributed by atoms with E-state index >= 15 is 0 Å². The third kappa shape index (κ3) is 3.87. The van der Waals surface area contributed by atoms with E-state index in [1.54, 1.807) is 12.3 Å². The highest BCUT2D eigenvalue weighted by Crippen LogP contribution is 2.37. The van der Waals surface area contributed by atoms with Crippen molar-refractivity contribution in [3.05, 3.63) is 29.4 Å². The Morgan fingerprint density at radius 2 is 2.15 bits per heavy atom. The van der Waals surface area contributed by atoms with Gasteiger partial charge >= 0.3 is 6.09 Å². The number of nitrogens with two attached hydrogens (primary N) is 1. The number of amides is 1. The van der Waals surface area contributed by atoms with E-state index in [0.717, 1.165) is 20.8 Å². The van der Waals surface area contributed by atoms with Crippen molar-refractivity contribution in [1.82, 2.24) is 15.0 Å². The number of anilines is 2. The van der Waals surface area contributed by atoms with Gasteiger partial charge in [-0.25, -0.2) is 14.8 Å². The number of hydrogen-bond donors (Lipinski definition) is 2. The predicted molar refractivity (Wildman–Crippen MR) is 109 cm³/mol. The molecule has 3 rings (SSSR count). The number of fused-ring (bicyclic) bond motifs is 1. The molecular formula is C16H17N5O2S3. The van der Waals surface area contributed by atoms with Gasteiger partial charge in [0.2, 0.25) is 0 Å². The summed E-state index contributed by atoms with van der Waals surface area (Å²) in [5.74, 6) is 0.436. The van der Waals surface area contributed by atoms with Crippen molar-refractivity contribution in [2.75, 3.05) is 23.9 Å². The molecule has 10 heteroatoms. The van der Waals surface area contributed by atoms with Crippen LogP contribution in [-0.4, -0.2) is 39.5 Å². The Hall–Kier alpha value is -2.04. The topological polar surface area (TPSA) is 105 Å². The lowest BCUT2D eigenvalue weighted by Gasteiger charge is -2.13. The molecule has 0 saturated heterocycles. The summed E-state index contributed by atoms with van der Waals surface area (Å²) in [5.41, 5.74) is 7.33. The van der Waals surface area contributed by atoms with Crippen molar-refractivity contribution in [3.8, 4) is 0 Å². The van der Waals surface area contributed by atoms with E-state index in [1.165, 1.54) is 46.8 Å². The number of nitrogen functional groups attached to an aromatic ring is 1. The van der Waals surface area contributed by atoms with E-state index in [9.17, 15) is 9.90 Å². The van der Waals surface area contributed by atoms with Crippen molar-refractivity contribution in [3.63, 3.8) is 0 Å². The maximum atomic E-state index is 11.3. The van der Waals surface area contributed by atoms with Gasteiger partial charge in [-0.15, -0.1) is 23.1 Å². The molecule has 26 heavy (non-hydrogen) atoms. The largest absolute Gasteiger partial charge is 0.465 e. The number of thioether (sulfide) groups is 2. The summed E-state index contributed by atoms with van der Waals surface area (Å²) in [5, 5.41) is 13.3. The van der Waals surface area contributed by atoms with Crippen LogP contribution in [0.2, 0.25) is 0 Å². The molecule has 1 atom stereocenters. The maximum absolute atomic E-state index is 11.3. The first-order valence-electron chi connectivity index (χ1n) is 7.58. The molecule has 3 heterocycles. The average Bonchev–Trinajstić information content (AvgIpc) is 3.03. The van der Waals surface area contributed by atoms with E-state index < -0.39 is 6.09 Å². The monoisotopic (exact) mass is 407 g/mol. The van der Waals surface area contributed by atoms with Crippen LogP contribution in [0.4, 0.5) is 16.3 Å². The summed E-state index contributed by atoms with van der Waals surface area (Å²) in [6.07, 6.45) is 2.72. The van der Waals surface area contributed by atoms with Gasteiger partial charge in [0.15, 0.2) is 5.16 Å². The minimum Gasteiger partial charge on any atom is -0.465 e. The fraction of sp³-hybridized carbons (Fsp3) is 0.250. The number of rotatable bonds is 5. The van der Waals surface area contributed by atoms with Gasteiger partial charge < -0.3 is 10.8 Å². The highest BCUT2D eigenvalue weighted by Gasteiger charge is 2.17. The van der Waals surface area contributed by atoms with Crippen molar-refractivity contribution < 1.29 is 9.90 Å². The molecular weight excluding hydrogens is 390 g/mol. The minimum atomic E-state index is -0.997. The molecule has 1 amide bonds. The molecule has 0 saturated carbocycles. The second kappa shape index (κ2) is 7.68. The molecule has 0 aliphatic rings. The number of pyridine rings is 1. The zero-order chi connectivity index (χ0) is 18.8. The Balaban J connectivity index is 1.91. The Morgan fingerprint density at radius 3 is 2.85 bits per heavy atom. The average molecular weight is 408 g/mol. The Morgan fingerprint density at radius 1 is 1.38 bits per heavy atom. The molecule has 0 bridgehead atoms. The van der Waals surface area contributed by atoms with E-state index in [4.69, 9.17) is 5.73 Å². The lowest BCUT2D eigenvalue weighted by atomic mass is 10.2. The van der Waals surface area contributed by atoms with Gasteiger partial charge in [0.25, 0.3) is 0 Å². The van der Waals surface area contributed by atoms with E-state index in [2.05, 4.69) is 15.0 Å². The first kappa shape index (κ1) is 18.7. The molecule has 0 spiro atoms. The third-order valence-corrected chi connectivity index (χ3v) is 6.26. The van der Waals surface area contributed by atoms with Crippen LogP contribution in [0, 0.1) is 0 Å². The molecule has 0 radical (unpaired) electrons. The molecule has 136 valence electrons. The molecule has 0 fully saturated rings. The van der Waals surface area contributed by atoms with E-state index in [0.29, 0.717) is 16.7 Å². The Labute approximate surface area is 163 Å². The Bertz CT molecular complexity index is 962. The molecule has 7 nitrogen and oxygen atoms in total. The first-order valence-corrected chi connectivity index (χ1v) is 10.6. The third-order valence-electron chi connectivity index (χ3n) is 3.72. The van der Waals surface area contributed by atoms with Crippen LogP contribution in [0.5, 0.6) is 0 Å². The van der Waals surface area contributed by atoms with Gasteiger partial charge in [-0.05, 0) is 19.2 Å². The maximum Gasteiger partial charge on any atom is 0.411 e. The van der Waals surface area contributed by atoms with Gasteiger partial charge in [-0.3, -0.25) is 9.88 Å². The SMILES string of the molecule is CSc1cc(N)nc(SC(C)c2cc3c(N(C)C(=O)O)csc3cn2)n1. The second-order valence-corrected chi connectivity index (χ2v) is 8.49. The fourth-order valence-electron chi connectivity index (χ4n) is 2.32. The van der Waals surface area contributed by atoms with Gasteiger partial charge in [-0.2, -0.15) is 0 Å². The van der Waals surface area contributed by atoms with Gasteiger partial charge in [0.1, 0.15) is 10.8 Å². The quantitative estimate of drug-likeness (QED) is 0.365. The van der Waals surface area contributed by atoms with Gasteiger partial charge in [-0.1, -0.05) is 11.8 Å². The molecule has 0 aromatic carbocycles. The summed E-state index contributed by atoms with van der Waals surface area (Å²) in [6.45, 7) is 2.01. The molecule has 3 aromatic heterocycles. The predicted octanol–water partition coefficient (Wildman–Crippen LogP) is 4.36. The highest BCUT2D eigenvalue weighted by molar-refractivity contribution is 7.99. The lowest BCUT2D eigenvalue weighted by Crippen LogP contribution is -2.23. The van der Waals surface area contributed by atoms with Gasteiger partial charge in [0, 0.05) is 30.1 Å². The summed E-state index contributed by atoms with van der Waals surface area (Å²) in [6, 6.07) is 3.67. The van der Waals surface area contributed by atoms with E-state index in [-0.39, 0.29) is 5.25 Å². The number of aromatic nitrogens is 3. The fourth-order valence-corrected chi connectivity index (χ4v) is 4.59. The minimum absolute atomic E-state index is 0.0150. The zero-order valence-corrected chi connectivity index (χ0v) is 16.8. The second-order valence-electron chi connectivity index (χ2n) is 5.45. The van der Waals surface area contributed by atoms with Gasteiger partial charge in [0.05, 0.1) is 21.3 Å². The van der Waals surface area contributed by atoms with E-state index in [1.807, 2.05) is 24.6 Å². The number of carboxylic acid groups (broad SMARTS) is 1. The zero-order valence-electron chi connectivity index (χ0n) is 14.3. The standard InChI is InChI=1S/C16H17N5O2S3/c1-8(26-15-19-13(17)5-14(20-15)24-3)10-4-9-11(21(2)16(22)23)7-25-12(9)6-18-10/h4-8H,1-3H3,(H,22,23)(H2,17,19,20). The number of carbonyl (C=O) groups is 1. The normalized spacial score (nSPS) is 12.3. The van der Waals surface area contributed by atoms with Crippen molar-refractivity contribution in [2.45, 2.75) is 22.4 Å². The molecule has 3 N–H and O–H groups in total. The van der Waals surface area contributed by atoms with Crippen LogP contribution in [0.25, 0.3) is 10.1 Å². The van der Waals surface area contributed by atoms with Crippen molar-refractivity contribution in [2.24, 2.45) is 0 Å². The summed E-state index contributed by atoms with van der Waals surface area (Å²) >= 11 is 4.45. The molecule has 0 aliphatic carbocycles. The van der Waals surface area contributed by atoms with Crippen LogP contribution < -0.4 is 10.6 Å². The molecule has 1 unspecified atom stereocenters. The smallest absolute Gasteiger partial charge is 0.411 e. The number of nitrogens with zero attached hydrogens (tertiary/aromatic N) is 4. The van der Waals surface area contributed by atoms with Crippen molar-refractivity contribution in [1.29, 1.82) is 0 Å². The van der Waals surface area contributed by atoms with Crippen LogP contribution in [-0.2, 0) is 0 Å². The summed E-state index contributed by atoms with van der Waals surface area (Å²) in [4.78, 5) is 25.7. The van der Waals surface area contributed by atoms with Crippen LogP contribution >= 0.6 is 34.9 Å². The van der Waals surface area contributed by atoms with Crippen molar-refractivity contribution >= 4 is 62.5 Å². The lowest BCUT2D eigenvalue weighted by molar-refractivity contribution is 0.203. The molecule has 3 aromatic rings. The summed E-state index contributed by atoms with van der Waals surface area (Å²) in [7, 11) is 1.53. The number of thiophene rings is 1. The Kier molecular flexibility index (Phi) is 5.54.